The van der Waals surface area contributed by atoms with Crippen molar-refractivity contribution >= 4 is 11.8 Å². The number of fused-ring (bicyclic) bond motifs is 1. The summed E-state index contributed by atoms with van der Waals surface area (Å²) in [5.41, 5.74) is 1.16. The lowest BCUT2D eigenvalue weighted by Gasteiger charge is -2.44. The third-order valence-electron chi connectivity index (χ3n) is 7.78. The number of rotatable bonds is 5. The van der Waals surface area contributed by atoms with Crippen LogP contribution in [0.2, 0.25) is 0 Å². The monoisotopic (exact) mass is 510 g/mol. The van der Waals surface area contributed by atoms with E-state index in [0.717, 1.165) is 49.8 Å². The van der Waals surface area contributed by atoms with E-state index in [9.17, 15) is 14.0 Å². The van der Waals surface area contributed by atoms with Gasteiger partial charge in [0.05, 0.1) is 6.61 Å². The molecule has 0 bridgehead atoms. The van der Waals surface area contributed by atoms with E-state index in [2.05, 4.69) is 6.07 Å². The van der Waals surface area contributed by atoms with E-state index in [0.29, 0.717) is 39.1 Å². The Labute approximate surface area is 219 Å². The van der Waals surface area contributed by atoms with E-state index in [1.165, 1.54) is 6.07 Å². The fraction of sp³-hybridized carbons (Fsp3) is 0.533. The normalized spacial score (nSPS) is 20.4. The summed E-state index contributed by atoms with van der Waals surface area (Å²) >= 11 is 0. The number of likely N-dealkylation sites (tertiary alicyclic amines) is 1. The van der Waals surface area contributed by atoms with Crippen LogP contribution in [-0.4, -0.2) is 61.0 Å². The van der Waals surface area contributed by atoms with Crippen molar-refractivity contribution in [3.05, 3.63) is 59.9 Å². The summed E-state index contributed by atoms with van der Waals surface area (Å²) in [5.74, 6) is 0.740. The summed E-state index contributed by atoms with van der Waals surface area (Å²) < 4.78 is 25.3. The molecular formula is C30H39FN2O4. The van der Waals surface area contributed by atoms with Crippen LogP contribution >= 0.6 is 0 Å². The molecule has 2 amide bonds. The van der Waals surface area contributed by atoms with Gasteiger partial charge < -0.3 is 19.3 Å². The largest absolute Gasteiger partial charge is 0.491 e. The lowest BCUT2D eigenvalue weighted by Crippen LogP contribution is -2.50. The number of hydrogen-bond donors (Lipinski definition) is 0. The summed E-state index contributed by atoms with van der Waals surface area (Å²) in [7, 11) is 1.87. The Morgan fingerprint density at radius 3 is 2.59 bits per heavy atom. The maximum atomic E-state index is 13.7. The number of ether oxygens (including phenoxy) is 2. The Morgan fingerprint density at radius 2 is 1.81 bits per heavy atom. The molecule has 1 fully saturated rings. The van der Waals surface area contributed by atoms with Gasteiger partial charge in [-0.1, -0.05) is 36.8 Å². The highest BCUT2D eigenvalue weighted by Gasteiger charge is 2.38. The molecule has 37 heavy (non-hydrogen) atoms. The Balaban J connectivity index is 1.31. The number of benzene rings is 2. The van der Waals surface area contributed by atoms with E-state index in [1.807, 2.05) is 42.0 Å². The molecule has 0 unspecified atom stereocenters. The molecule has 2 aromatic carbocycles. The highest BCUT2D eigenvalue weighted by Crippen LogP contribution is 2.38. The highest BCUT2D eigenvalue weighted by molar-refractivity contribution is 5.80. The summed E-state index contributed by atoms with van der Waals surface area (Å²) in [6.07, 6.45) is 6.27. The minimum atomic E-state index is -0.545. The smallest absolute Gasteiger partial charge is 0.263 e. The van der Waals surface area contributed by atoms with Crippen molar-refractivity contribution in [3.8, 4) is 11.5 Å². The minimum absolute atomic E-state index is 0.00751. The topological polar surface area (TPSA) is 59.1 Å². The maximum Gasteiger partial charge on any atom is 0.263 e. The zero-order valence-corrected chi connectivity index (χ0v) is 22.1. The molecule has 7 heteroatoms. The van der Waals surface area contributed by atoms with Gasteiger partial charge in [0.1, 0.15) is 5.75 Å². The van der Waals surface area contributed by atoms with Gasteiger partial charge in [-0.3, -0.25) is 9.59 Å². The fourth-order valence-electron chi connectivity index (χ4n) is 5.62. The molecule has 0 saturated carbocycles. The van der Waals surface area contributed by atoms with Gasteiger partial charge in [0, 0.05) is 33.1 Å². The Kier molecular flexibility index (Phi) is 9.06. The van der Waals surface area contributed by atoms with Crippen LogP contribution in [-0.2, 0) is 16.0 Å². The molecule has 1 atom stereocenters. The van der Waals surface area contributed by atoms with Crippen LogP contribution in [0.15, 0.2) is 48.5 Å². The quantitative estimate of drug-likeness (QED) is 0.516. The number of amides is 2. The Morgan fingerprint density at radius 1 is 1.08 bits per heavy atom. The van der Waals surface area contributed by atoms with Crippen LogP contribution in [0.3, 0.4) is 0 Å². The van der Waals surface area contributed by atoms with Gasteiger partial charge >= 0.3 is 0 Å². The molecule has 2 aromatic rings. The third-order valence-corrected chi connectivity index (χ3v) is 7.78. The first-order chi connectivity index (χ1) is 17.9. The van der Waals surface area contributed by atoms with Gasteiger partial charge in [-0.15, -0.1) is 0 Å². The standard InChI is InChI=1S/C30H39FN2O4/c1-23-29(35)32(2)22-30(16-8-7-11-24-10-3-5-13-26(24)37-23)17-19-33(20-18-30)28(34)15-9-21-36-27-14-6-4-12-25(27)31/h3-6,10,12-14,23H,7-9,11,15-22H2,1-2H3/t23-/m1/s1. The summed E-state index contributed by atoms with van der Waals surface area (Å²) in [4.78, 5) is 29.8. The average molecular weight is 511 g/mol. The third kappa shape index (κ3) is 7.02. The van der Waals surface area contributed by atoms with Crippen LogP contribution in [0.1, 0.15) is 57.4 Å². The van der Waals surface area contributed by atoms with Crippen LogP contribution in [0.5, 0.6) is 11.5 Å². The molecule has 0 radical (unpaired) electrons. The highest BCUT2D eigenvalue weighted by atomic mass is 19.1. The van der Waals surface area contributed by atoms with Crippen LogP contribution in [0, 0.1) is 11.2 Å². The van der Waals surface area contributed by atoms with E-state index in [-0.39, 0.29) is 28.8 Å². The average Bonchev–Trinajstić information content (AvgIpc) is 2.90. The van der Waals surface area contributed by atoms with Gasteiger partial charge in [-0.25, -0.2) is 4.39 Å². The lowest BCUT2D eigenvalue weighted by molar-refractivity contribution is -0.140. The molecule has 1 saturated heterocycles. The Hall–Kier alpha value is -3.09. The zero-order chi connectivity index (χ0) is 26.3. The summed E-state index contributed by atoms with van der Waals surface area (Å²) in [6.45, 7) is 4.21. The van der Waals surface area contributed by atoms with Crippen LogP contribution < -0.4 is 9.47 Å². The number of para-hydroxylation sites is 2. The molecule has 1 spiro atoms. The molecule has 4 rings (SSSR count). The number of halogens is 1. The van der Waals surface area contributed by atoms with Gasteiger partial charge in [-0.05, 0) is 74.6 Å². The molecule has 2 aliphatic rings. The molecule has 6 nitrogen and oxygen atoms in total. The second kappa shape index (κ2) is 12.4. The van der Waals surface area contributed by atoms with Crippen molar-refractivity contribution in [2.45, 2.75) is 64.4 Å². The minimum Gasteiger partial charge on any atom is -0.491 e. The Bertz CT molecular complexity index is 1070. The molecule has 0 N–H and O–H groups in total. The first-order valence-corrected chi connectivity index (χ1v) is 13.5. The van der Waals surface area contributed by atoms with Crippen molar-refractivity contribution in [2.75, 3.05) is 33.3 Å². The van der Waals surface area contributed by atoms with Crippen molar-refractivity contribution in [1.82, 2.24) is 9.80 Å². The van der Waals surface area contributed by atoms with E-state index >= 15 is 0 Å². The van der Waals surface area contributed by atoms with Gasteiger partial charge in [0.15, 0.2) is 17.7 Å². The number of piperidine rings is 1. The van der Waals surface area contributed by atoms with E-state index in [4.69, 9.17) is 9.47 Å². The fourth-order valence-corrected chi connectivity index (χ4v) is 5.62. The second-order valence-electron chi connectivity index (χ2n) is 10.5. The second-order valence-corrected chi connectivity index (χ2v) is 10.5. The zero-order valence-electron chi connectivity index (χ0n) is 22.1. The maximum absolute atomic E-state index is 13.7. The predicted molar refractivity (Wildman–Crippen MR) is 141 cm³/mol. The van der Waals surface area contributed by atoms with Crippen LogP contribution in [0.4, 0.5) is 4.39 Å². The number of aryl methyl sites for hydroxylation is 1. The van der Waals surface area contributed by atoms with Gasteiger partial charge in [0.2, 0.25) is 5.91 Å². The SMILES string of the molecule is C[C@H]1Oc2ccccc2CCCCC2(CCN(C(=O)CCCOc3ccccc3F)CC2)CN(C)C1=O. The molecule has 0 aromatic heterocycles. The number of hydrogen-bond acceptors (Lipinski definition) is 4. The lowest BCUT2D eigenvalue weighted by atomic mass is 9.73. The predicted octanol–water partition coefficient (Wildman–Crippen LogP) is 5.25. The van der Waals surface area contributed by atoms with E-state index in [1.54, 1.807) is 18.2 Å². The van der Waals surface area contributed by atoms with Crippen molar-refractivity contribution in [1.29, 1.82) is 0 Å². The molecular weight excluding hydrogens is 471 g/mol. The van der Waals surface area contributed by atoms with Crippen molar-refractivity contribution < 1.29 is 23.5 Å². The van der Waals surface area contributed by atoms with Gasteiger partial charge in [-0.2, -0.15) is 0 Å². The van der Waals surface area contributed by atoms with Crippen molar-refractivity contribution in [2.24, 2.45) is 5.41 Å². The molecule has 2 aliphatic heterocycles. The number of carbonyl (C=O) groups is 2. The van der Waals surface area contributed by atoms with Crippen molar-refractivity contribution in [3.63, 3.8) is 0 Å². The summed E-state index contributed by atoms with van der Waals surface area (Å²) in [5, 5.41) is 0. The first-order valence-electron chi connectivity index (χ1n) is 13.5. The summed E-state index contributed by atoms with van der Waals surface area (Å²) in [6, 6.07) is 14.3. The molecule has 200 valence electrons. The van der Waals surface area contributed by atoms with Crippen LogP contribution in [0.25, 0.3) is 0 Å². The van der Waals surface area contributed by atoms with Gasteiger partial charge in [0.25, 0.3) is 5.91 Å². The molecule has 0 aliphatic carbocycles. The van der Waals surface area contributed by atoms with E-state index < -0.39 is 6.10 Å². The molecule has 2 heterocycles. The first kappa shape index (κ1) is 27.0. The number of likely N-dealkylation sites (N-methyl/N-ethyl adjacent to an activating group) is 1. The number of carbonyl (C=O) groups excluding carboxylic acids is 2. The number of nitrogens with zero attached hydrogens (tertiary/aromatic N) is 2.